The first-order valence-electron chi connectivity index (χ1n) is 11.5. The molecule has 0 atom stereocenters. The summed E-state index contributed by atoms with van der Waals surface area (Å²) in [6, 6.07) is 17.7. The highest BCUT2D eigenvalue weighted by Crippen LogP contribution is 2.38. The van der Waals surface area contributed by atoms with Crippen molar-refractivity contribution in [1.82, 2.24) is 0 Å². The summed E-state index contributed by atoms with van der Waals surface area (Å²) >= 11 is 0. The van der Waals surface area contributed by atoms with E-state index in [2.05, 4.69) is 129 Å². The first-order chi connectivity index (χ1) is 13.9. The van der Waals surface area contributed by atoms with E-state index in [9.17, 15) is 0 Å². The molecule has 0 unspecified atom stereocenters. The van der Waals surface area contributed by atoms with Crippen LogP contribution in [-0.2, 0) is 0 Å². The number of benzene rings is 2. The number of hydrogen-bond donors (Lipinski definition) is 0. The van der Waals surface area contributed by atoms with Crippen LogP contribution in [0.4, 0.5) is 0 Å². The zero-order valence-electron chi connectivity index (χ0n) is 21.9. The van der Waals surface area contributed by atoms with Crippen molar-refractivity contribution in [2.45, 2.75) is 90.9 Å². The van der Waals surface area contributed by atoms with Crippen LogP contribution in [0.15, 0.2) is 48.5 Å². The topological polar surface area (TPSA) is 18.5 Å². The van der Waals surface area contributed by atoms with Gasteiger partial charge in [0.2, 0.25) is 16.6 Å². The van der Waals surface area contributed by atoms with E-state index < -0.39 is 24.7 Å². The summed E-state index contributed by atoms with van der Waals surface area (Å²) in [4.78, 5) is 0. The Morgan fingerprint density at radius 1 is 0.548 bits per heavy atom. The van der Waals surface area contributed by atoms with E-state index in [0.717, 1.165) is 11.5 Å². The molecule has 5 heteroatoms. The fraction of sp³-hybridized carbons (Fsp3) is 0.538. The lowest BCUT2D eigenvalue weighted by molar-refractivity contribution is 0.492. The Hall–Kier alpha value is -1.31. The lowest BCUT2D eigenvalue weighted by Crippen LogP contribution is -2.53. The summed E-state index contributed by atoms with van der Waals surface area (Å²) in [6.45, 7) is 27.8. The third kappa shape index (κ3) is 5.93. The van der Waals surface area contributed by atoms with Crippen molar-refractivity contribution in [3.05, 3.63) is 48.5 Å². The Bertz CT molecular complexity index is 830. The van der Waals surface area contributed by atoms with E-state index in [-0.39, 0.29) is 10.1 Å². The van der Waals surface area contributed by atoms with Gasteiger partial charge < -0.3 is 8.85 Å². The van der Waals surface area contributed by atoms with Crippen LogP contribution in [0.3, 0.4) is 0 Å². The molecule has 0 saturated heterocycles. The molecule has 0 bridgehead atoms. The lowest BCUT2D eigenvalue weighted by Gasteiger charge is -2.37. The standard InChI is InChI=1S/C26H44O2Si3/c1-25(2,3)30(9,10)27-21-15-13-17-23(19-21)29(7,8)24-18-14-16-22(20-24)28-31(11,12)26(4,5)6/h13-20H,1-12H3. The Morgan fingerprint density at radius 3 is 1.16 bits per heavy atom. The van der Waals surface area contributed by atoms with Gasteiger partial charge in [0.15, 0.2) is 0 Å². The van der Waals surface area contributed by atoms with Gasteiger partial charge in [-0.2, -0.15) is 0 Å². The summed E-state index contributed by atoms with van der Waals surface area (Å²) in [5.74, 6) is 2.02. The summed E-state index contributed by atoms with van der Waals surface area (Å²) in [5.41, 5.74) is 0. The number of hydrogen-bond acceptors (Lipinski definition) is 2. The van der Waals surface area contributed by atoms with Gasteiger partial charge in [-0.3, -0.25) is 0 Å². The van der Waals surface area contributed by atoms with Gasteiger partial charge in [-0.1, -0.05) is 89.3 Å². The van der Waals surface area contributed by atoms with Gasteiger partial charge in [-0.05, 0) is 60.5 Å². The molecule has 0 aliphatic carbocycles. The van der Waals surface area contributed by atoms with E-state index in [0.29, 0.717) is 0 Å². The molecule has 2 nitrogen and oxygen atoms in total. The molecule has 0 saturated carbocycles. The minimum absolute atomic E-state index is 0.186. The summed E-state index contributed by atoms with van der Waals surface area (Å²) < 4.78 is 13.2. The third-order valence-electron chi connectivity index (χ3n) is 7.47. The van der Waals surface area contributed by atoms with Gasteiger partial charge in [0.05, 0.1) is 0 Å². The van der Waals surface area contributed by atoms with Crippen molar-refractivity contribution in [1.29, 1.82) is 0 Å². The van der Waals surface area contributed by atoms with Gasteiger partial charge >= 0.3 is 0 Å². The van der Waals surface area contributed by atoms with Gasteiger partial charge in [0, 0.05) is 0 Å². The molecule has 0 fully saturated rings. The molecule has 0 N–H and O–H groups in total. The predicted octanol–water partition coefficient (Wildman–Crippen LogP) is 7.28. The van der Waals surface area contributed by atoms with E-state index in [4.69, 9.17) is 8.85 Å². The van der Waals surface area contributed by atoms with Gasteiger partial charge in [-0.15, -0.1) is 0 Å². The minimum atomic E-state index is -1.89. The average molecular weight is 473 g/mol. The van der Waals surface area contributed by atoms with Gasteiger partial charge in [-0.25, -0.2) is 0 Å². The Balaban J connectivity index is 2.36. The van der Waals surface area contributed by atoms with Crippen LogP contribution in [0, 0.1) is 0 Å². The van der Waals surface area contributed by atoms with Crippen LogP contribution in [0.5, 0.6) is 11.5 Å². The van der Waals surface area contributed by atoms with E-state index >= 15 is 0 Å². The first kappa shape index (κ1) is 25.9. The van der Waals surface area contributed by atoms with Crippen LogP contribution < -0.4 is 19.2 Å². The molecule has 31 heavy (non-hydrogen) atoms. The second kappa shape index (κ2) is 8.56. The molecular formula is C26H44O2Si3. The van der Waals surface area contributed by atoms with E-state index in [1.54, 1.807) is 0 Å². The molecule has 0 aliphatic heterocycles. The smallest absolute Gasteiger partial charge is 0.250 e. The SMILES string of the molecule is CC(C)(C)[Si](C)(C)Oc1cccc([Si](C)(C)c2cccc(O[Si](C)(C)C(C)(C)C)c2)c1. The van der Waals surface area contributed by atoms with Crippen LogP contribution in [0.25, 0.3) is 0 Å². The normalized spacial score (nSPS) is 13.8. The lowest BCUT2D eigenvalue weighted by atomic mass is 10.2. The molecular weight excluding hydrogens is 429 g/mol. The van der Waals surface area contributed by atoms with Crippen molar-refractivity contribution in [2.24, 2.45) is 0 Å². The summed E-state index contributed by atoms with van der Waals surface area (Å²) in [7, 11) is -5.61. The zero-order chi connectivity index (χ0) is 23.9. The van der Waals surface area contributed by atoms with E-state index in [1.807, 2.05) is 0 Å². The molecule has 2 aromatic carbocycles. The van der Waals surface area contributed by atoms with Crippen LogP contribution in [0.1, 0.15) is 41.5 Å². The second-order valence-electron chi connectivity index (χ2n) is 12.4. The van der Waals surface area contributed by atoms with Crippen molar-refractivity contribution in [2.75, 3.05) is 0 Å². The zero-order valence-corrected chi connectivity index (χ0v) is 24.9. The highest BCUT2D eigenvalue weighted by atomic mass is 28.4. The van der Waals surface area contributed by atoms with Crippen molar-refractivity contribution < 1.29 is 8.85 Å². The monoisotopic (exact) mass is 472 g/mol. The molecule has 2 rings (SSSR count). The van der Waals surface area contributed by atoms with Crippen LogP contribution in [-0.4, -0.2) is 24.7 Å². The van der Waals surface area contributed by atoms with Gasteiger partial charge in [0.1, 0.15) is 19.6 Å². The fourth-order valence-corrected chi connectivity index (χ4v) is 7.37. The quantitative estimate of drug-likeness (QED) is 0.411. The van der Waals surface area contributed by atoms with Gasteiger partial charge in [0.25, 0.3) is 0 Å². The third-order valence-corrected chi connectivity index (χ3v) is 19.7. The molecule has 0 amide bonds. The average Bonchev–Trinajstić information content (AvgIpc) is 2.59. The molecule has 2 aromatic rings. The summed E-state index contributed by atoms with van der Waals surface area (Å²) in [5, 5.41) is 3.16. The van der Waals surface area contributed by atoms with Crippen molar-refractivity contribution in [3.8, 4) is 11.5 Å². The molecule has 0 radical (unpaired) electrons. The largest absolute Gasteiger partial charge is 0.544 e. The second-order valence-corrected chi connectivity index (χ2v) is 26.3. The van der Waals surface area contributed by atoms with Crippen molar-refractivity contribution >= 4 is 35.1 Å². The minimum Gasteiger partial charge on any atom is -0.544 e. The molecule has 0 spiro atoms. The maximum absolute atomic E-state index is 6.61. The maximum Gasteiger partial charge on any atom is 0.250 e. The number of rotatable bonds is 6. The predicted molar refractivity (Wildman–Crippen MR) is 145 cm³/mol. The van der Waals surface area contributed by atoms with Crippen LogP contribution in [0.2, 0.25) is 49.4 Å². The Kier molecular flexibility index (Phi) is 7.17. The fourth-order valence-electron chi connectivity index (χ4n) is 2.96. The Morgan fingerprint density at radius 2 is 0.871 bits per heavy atom. The van der Waals surface area contributed by atoms with Crippen LogP contribution >= 0.6 is 0 Å². The van der Waals surface area contributed by atoms with Crippen molar-refractivity contribution in [3.63, 3.8) is 0 Å². The molecule has 172 valence electrons. The highest BCUT2D eigenvalue weighted by molar-refractivity contribution is 7.00. The molecule has 0 heterocycles. The van der Waals surface area contributed by atoms with E-state index in [1.165, 1.54) is 10.4 Å². The Labute approximate surface area is 194 Å². The molecule has 0 aromatic heterocycles. The molecule has 0 aliphatic rings. The summed E-state index contributed by atoms with van der Waals surface area (Å²) in [6.07, 6.45) is 0. The highest BCUT2D eigenvalue weighted by Gasteiger charge is 2.40. The maximum atomic E-state index is 6.61. The first-order valence-corrected chi connectivity index (χ1v) is 20.3.